The zero-order chi connectivity index (χ0) is 12.1. The summed E-state index contributed by atoms with van der Waals surface area (Å²) in [6.45, 7) is -2.63. The number of fused-ring (bicyclic) bond motifs is 1. The third-order valence-corrected chi connectivity index (χ3v) is 2.03. The van der Waals surface area contributed by atoms with Crippen LogP contribution in [0.5, 0.6) is 0 Å². The van der Waals surface area contributed by atoms with Gasteiger partial charge in [-0.15, -0.1) is 0 Å². The maximum Gasteiger partial charge on any atom is 0.332 e. The Kier molecular flexibility index (Phi) is 0.959. The smallest absolute Gasteiger partial charge is 0.281 e. The SMILES string of the molecule is [2H][13C]([2H])([2H])n1c2c(c(=O)n(C)c1=O)CC=N2. The van der Waals surface area contributed by atoms with Gasteiger partial charge in [-0.3, -0.25) is 13.9 Å². The molecule has 68 valence electrons. The van der Waals surface area contributed by atoms with E-state index in [4.69, 9.17) is 4.11 Å². The van der Waals surface area contributed by atoms with Gasteiger partial charge in [0, 0.05) is 30.8 Å². The molecule has 0 saturated heterocycles. The number of aliphatic imine (C=N–C) groups is 1. The maximum atomic E-state index is 11.7. The normalized spacial score (nSPS) is 17.8. The number of nitrogens with zero attached hydrogens (tertiary/aromatic N) is 3. The topological polar surface area (TPSA) is 56.4 Å². The van der Waals surface area contributed by atoms with Crippen molar-refractivity contribution in [1.82, 2.24) is 9.13 Å². The van der Waals surface area contributed by atoms with Crippen LogP contribution in [-0.4, -0.2) is 15.3 Å². The summed E-state index contributed by atoms with van der Waals surface area (Å²) in [5.41, 5.74) is -1.11. The molecule has 5 nitrogen and oxygen atoms in total. The predicted molar refractivity (Wildman–Crippen MR) is 48.8 cm³/mol. The molecule has 1 aromatic heterocycles. The first kappa shape index (κ1) is 5.16. The molecule has 1 aliphatic rings. The van der Waals surface area contributed by atoms with E-state index >= 15 is 0 Å². The van der Waals surface area contributed by atoms with E-state index < -0.39 is 18.2 Å². The third-order valence-electron chi connectivity index (χ3n) is 2.03. The van der Waals surface area contributed by atoms with E-state index in [1.807, 2.05) is 0 Å². The van der Waals surface area contributed by atoms with Crippen molar-refractivity contribution in [3.63, 3.8) is 0 Å². The Morgan fingerprint density at radius 2 is 2.31 bits per heavy atom. The molecule has 5 heteroatoms. The summed E-state index contributed by atoms with van der Waals surface area (Å²) in [6.07, 6.45) is 1.69. The molecular formula is C8H9N3O2. The summed E-state index contributed by atoms with van der Waals surface area (Å²) >= 11 is 0. The van der Waals surface area contributed by atoms with Gasteiger partial charge in [0.05, 0.1) is 5.56 Å². The van der Waals surface area contributed by atoms with Crippen molar-refractivity contribution in [2.24, 2.45) is 19.0 Å². The standard InChI is InChI=1S/C8H9N3O2/c1-10-6-5(3-4-9-6)7(12)11(2)8(10)13/h4H,3H2,1-2H3/i1+1D3. The minimum absolute atomic E-state index is 0.0481. The van der Waals surface area contributed by atoms with Crippen molar-refractivity contribution in [3.8, 4) is 0 Å². The van der Waals surface area contributed by atoms with Crippen LogP contribution >= 0.6 is 0 Å². The highest BCUT2D eigenvalue weighted by molar-refractivity contribution is 5.73. The maximum absolute atomic E-state index is 11.7. The van der Waals surface area contributed by atoms with E-state index in [0.717, 1.165) is 4.57 Å². The summed E-state index contributed by atoms with van der Waals surface area (Å²) in [5, 5.41) is 0. The van der Waals surface area contributed by atoms with Crippen LogP contribution in [0.25, 0.3) is 0 Å². The molecular weight excluding hydrogens is 171 g/mol. The largest absolute Gasteiger partial charge is 0.332 e. The highest BCUT2D eigenvalue weighted by Gasteiger charge is 2.16. The number of hydrogen-bond acceptors (Lipinski definition) is 3. The van der Waals surface area contributed by atoms with E-state index in [-0.39, 0.29) is 17.8 Å². The number of hydrogen-bond donors (Lipinski definition) is 0. The van der Waals surface area contributed by atoms with Crippen LogP contribution in [-0.2, 0) is 20.4 Å². The highest BCUT2D eigenvalue weighted by Crippen LogP contribution is 2.16. The van der Waals surface area contributed by atoms with Crippen LogP contribution in [0.15, 0.2) is 14.6 Å². The quantitative estimate of drug-likeness (QED) is 0.501. The van der Waals surface area contributed by atoms with Crippen LogP contribution < -0.4 is 11.2 Å². The summed E-state index contributed by atoms with van der Waals surface area (Å²) in [7, 11) is 1.26. The van der Waals surface area contributed by atoms with Crippen LogP contribution in [0.2, 0.25) is 0 Å². The van der Waals surface area contributed by atoms with Gasteiger partial charge in [0.1, 0.15) is 5.82 Å². The fourth-order valence-corrected chi connectivity index (χ4v) is 1.30. The second kappa shape index (κ2) is 2.42. The number of aromatic nitrogens is 2. The molecule has 1 aromatic rings. The molecule has 0 spiro atoms. The fraction of sp³-hybridized carbons (Fsp3) is 0.375. The van der Waals surface area contributed by atoms with E-state index in [2.05, 4.69) is 4.99 Å². The average Bonchev–Trinajstić information content (AvgIpc) is 2.61. The minimum Gasteiger partial charge on any atom is -0.281 e. The molecule has 2 heterocycles. The van der Waals surface area contributed by atoms with Crippen molar-refractivity contribution >= 4 is 12.0 Å². The zero-order valence-corrected chi connectivity index (χ0v) is 6.94. The molecule has 0 aromatic carbocycles. The first-order valence-electron chi connectivity index (χ1n) is 5.22. The minimum atomic E-state index is -2.63. The average molecular weight is 183 g/mol. The fourth-order valence-electron chi connectivity index (χ4n) is 1.30. The molecule has 0 bridgehead atoms. The Hall–Kier alpha value is -1.65. The summed E-state index contributed by atoms with van der Waals surface area (Å²) < 4.78 is 23.1. The van der Waals surface area contributed by atoms with E-state index in [1.165, 1.54) is 13.3 Å². The van der Waals surface area contributed by atoms with Gasteiger partial charge in [0.2, 0.25) is 0 Å². The Morgan fingerprint density at radius 3 is 3.00 bits per heavy atom. The van der Waals surface area contributed by atoms with Gasteiger partial charge in [-0.25, -0.2) is 9.79 Å². The van der Waals surface area contributed by atoms with E-state index in [0.29, 0.717) is 4.57 Å². The Labute approximate surface area is 78.2 Å². The van der Waals surface area contributed by atoms with Crippen LogP contribution in [0.4, 0.5) is 5.82 Å². The van der Waals surface area contributed by atoms with Gasteiger partial charge in [0.25, 0.3) is 5.56 Å². The van der Waals surface area contributed by atoms with Crippen LogP contribution in [0.3, 0.4) is 0 Å². The molecule has 0 aliphatic carbocycles. The number of rotatable bonds is 0. The van der Waals surface area contributed by atoms with Gasteiger partial charge in [-0.05, 0) is 0 Å². The van der Waals surface area contributed by atoms with Gasteiger partial charge < -0.3 is 0 Å². The highest BCUT2D eigenvalue weighted by atomic mass is 16.2. The van der Waals surface area contributed by atoms with Crippen LogP contribution in [0.1, 0.15) is 9.68 Å². The second-order valence-corrected chi connectivity index (χ2v) is 2.80. The van der Waals surface area contributed by atoms with E-state index in [9.17, 15) is 9.59 Å². The van der Waals surface area contributed by atoms with Crippen molar-refractivity contribution in [1.29, 1.82) is 0 Å². The Bertz CT molecular complexity index is 594. The predicted octanol–water partition coefficient (Wildman–Crippen LogP) is -0.658. The van der Waals surface area contributed by atoms with Gasteiger partial charge in [-0.2, -0.15) is 0 Å². The third kappa shape index (κ3) is 0.898. The molecule has 1 aliphatic heterocycles. The van der Waals surface area contributed by atoms with Crippen molar-refractivity contribution in [2.75, 3.05) is 0 Å². The lowest BCUT2D eigenvalue weighted by molar-refractivity contribution is 0.682. The van der Waals surface area contributed by atoms with Crippen molar-refractivity contribution in [3.05, 3.63) is 26.4 Å². The van der Waals surface area contributed by atoms with Gasteiger partial charge in [-0.1, -0.05) is 0 Å². The lowest BCUT2D eigenvalue weighted by atomic mass is 10.2. The molecule has 0 amide bonds. The summed E-state index contributed by atoms with van der Waals surface area (Å²) in [5.74, 6) is -0.0481. The van der Waals surface area contributed by atoms with E-state index in [1.54, 1.807) is 0 Å². The molecule has 0 radical (unpaired) electrons. The molecule has 2 rings (SSSR count). The molecule has 0 atom stereocenters. The summed E-state index contributed by atoms with van der Waals surface area (Å²) in [4.78, 5) is 27.1. The monoisotopic (exact) mass is 183 g/mol. The zero-order valence-electron chi connectivity index (χ0n) is 9.94. The van der Waals surface area contributed by atoms with Gasteiger partial charge in [0.15, 0.2) is 0 Å². The first-order chi connectivity index (χ1) is 7.34. The lowest BCUT2D eigenvalue weighted by Crippen LogP contribution is -2.38. The second-order valence-electron chi connectivity index (χ2n) is 2.80. The first-order valence-corrected chi connectivity index (χ1v) is 3.72. The Balaban J connectivity index is 2.95. The molecule has 0 unspecified atom stereocenters. The molecule has 13 heavy (non-hydrogen) atoms. The Morgan fingerprint density at radius 1 is 1.54 bits per heavy atom. The van der Waals surface area contributed by atoms with Crippen molar-refractivity contribution < 1.29 is 4.11 Å². The molecule has 0 saturated carbocycles. The lowest BCUT2D eigenvalue weighted by Gasteiger charge is -2.05. The van der Waals surface area contributed by atoms with Crippen molar-refractivity contribution in [2.45, 2.75) is 6.42 Å². The molecule has 0 fully saturated rings. The van der Waals surface area contributed by atoms with Gasteiger partial charge >= 0.3 is 5.69 Å². The summed E-state index contributed by atoms with van der Waals surface area (Å²) in [6, 6.07) is 0. The molecule has 0 N–H and O–H groups in total. The van der Waals surface area contributed by atoms with Crippen LogP contribution in [0, 0.1) is 0 Å².